The number of carbonyl (C=O) groups excluding carboxylic acids is 2. The van der Waals surface area contributed by atoms with Crippen molar-refractivity contribution in [3.8, 4) is 0 Å². The van der Waals surface area contributed by atoms with Crippen LogP contribution >= 0.6 is 0 Å². The fourth-order valence-corrected chi connectivity index (χ4v) is 2.27. The van der Waals surface area contributed by atoms with Crippen LogP contribution in [0.15, 0.2) is 12.1 Å². The molecule has 0 bridgehead atoms. The number of pyridine rings is 1. The van der Waals surface area contributed by atoms with Crippen LogP contribution in [-0.2, 0) is 0 Å². The minimum Gasteiger partial charge on any atom is -0.365 e. The number of nitrogens with one attached hydrogen (secondary N) is 2. The summed E-state index contributed by atoms with van der Waals surface area (Å²) in [5.41, 5.74) is 5.04. The molecule has 1 aliphatic rings. The van der Waals surface area contributed by atoms with Crippen LogP contribution in [0, 0.1) is 6.07 Å². The molecule has 7 nitrogen and oxygen atoms in total. The minimum atomic E-state index is -0.610. The lowest BCUT2D eigenvalue weighted by Crippen LogP contribution is -2.48. The first-order chi connectivity index (χ1) is 10.2. The quantitative estimate of drug-likeness (QED) is 0.774. The van der Waals surface area contributed by atoms with Crippen LogP contribution in [0.4, 0.5) is 10.6 Å². The predicted octanol–water partition coefficient (Wildman–Crippen LogP) is 0.975. The summed E-state index contributed by atoms with van der Waals surface area (Å²) in [6.07, 6.45) is 0.823. The van der Waals surface area contributed by atoms with E-state index in [4.69, 9.17) is 5.73 Å². The molecule has 1 saturated heterocycles. The highest BCUT2D eigenvalue weighted by atomic mass is 16.2. The van der Waals surface area contributed by atoms with Crippen molar-refractivity contribution in [2.45, 2.75) is 38.8 Å². The molecule has 0 aromatic carbocycles. The molecule has 0 aliphatic carbocycles. The van der Waals surface area contributed by atoms with E-state index in [1.807, 2.05) is 20.8 Å². The molecule has 3 amide bonds. The third kappa shape index (κ3) is 4.34. The van der Waals surface area contributed by atoms with E-state index >= 15 is 0 Å². The Balaban J connectivity index is 1.92. The van der Waals surface area contributed by atoms with Crippen LogP contribution in [0.2, 0.25) is 0 Å². The van der Waals surface area contributed by atoms with Gasteiger partial charge in [0, 0.05) is 30.7 Å². The summed E-state index contributed by atoms with van der Waals surface area (Å²) in [6, 6.07) is 6.05. The largest absolute Gasteiger partial charge is 0.365 e. The SMILES string of the molecule is CC(C)(C)NC(=O)N1CC[C@H](Nc2cc[c]c(C(N)=O)n2)C1. The average molecular weight is 304 g/mol. The van der Waals surface area contributed by atoms with Gasteiger partial charge in [0.25, 0.3) is 5.91 Å². The number of amides is 3. The number of nitrogens with two attached hydrogens (primary N) is 1. The Labute approximate surface area is 130 Å². The number of urea groups is 1. The Morgan fingerprint density at radius 3 is 2.82 bits per heavy atom. The smallest absolute Gasteiger partial charge is 0.317 e. The van der Waals surface area contributed by atoms with Gasteiger partial charge in [-0.3, -0.25) is 4.79 Å². The fraction of sp³-hybridized carbons (Fsp3) is 0.533. The zero-order chi connectivity index (χ0) is 16.3. The first kappa shape index (κ1) is 16.1. The fourth-order valence-electron chi connectivity index (χ4n) is 2.27. The number of nitrogens with zero attached hydrogens (tertiary/aromatic N) is 2. The molecule has 1 aliphatic heterocycles. The predicted molar refractivity (Wildman–Crippen MR) is 83.5 cm³/mol. The molecule has 22 heavy (non-hydrogen) atoms. The van der Waals surface area contributed by atoms with Gasteiger partial charge in [0.1, 0.15) is 11.5 Å². The number of carbonyl (C=O) groups is 2. The van der Waals surface area contributed by atoms with E-state index in [0.717, 1.165) is 6.42 Å². The second-order valence-electron chi connectivity index (χ2n) is 6.44. The lowest BCUT2D eigenvalue weighted by molar-refractivity contribution is 0.0995. The summed E-state index contributed by atoms with van der Waals surface area (Å²) >= 11 is 0. The second-order valence-corrected chi connectivity index (χ2v) is 6.44. The molecule has 0 saturated carbocycles. The monoisotopic (exact) mass is 304 g/mol. The number of rotatable bonds is 3. The number of primary amides is 1. The van der Waals surface area contributed by atoms with Gasteiger partial charge >= 0.3 is 6.03 Å². The Morgan fingerprint density at radius 2 is 2.18 bits per heavy atom. The van der Waals surface area contributed by atoms with Crippen LogP contribution in [0.3, 0.4) is 0 Å². The Morgan fingerprint density at radius 1 is 1.45 bits per heavy atom. The molecular formula is C15H22N5O2. The zero-order valence-corrected chi connectivity index (χ0v) is 13.1. The maximum absolute atomic E-state index is 12.1. The lowest BCUT2D eigenvalue weighted by Gasteiger charge is -2.25. The summed E-state index contributed by atoms with van der Waals surface area (Å²) in [6.45, 7) is 7.13. The van der Waals surface area contributed by atoms with Crippen molar-refractivity contribution < 1.29 is 9.59 Å². The third-order valence-electron chi connectivity index (χ3n) is 3.24. The van der Waals surface area contributed by atoms with Gasteiger partial charge in [-0.05, 0) is 39.3 Å². The summed E-state index contributed by atoms with van der Waals surface area (Å²) in [5, 5.41) is 6.17. The van der Waals surface area contributed by atoms with Gasteiger partial charge in [-0.15, -0.1) is 0 Å². The van der Waals surface area contributed by atoms with Gasteiger partial charge in [-0.25, -0.2) is 9.78 Å². The number of hydrogen-bond acceptors (Lipinski definition) is 4. The normalized spacial score (nSPS) is 18.1. The molecule has 1 aromatic heterocycles. The molecule has 1 radical (unpaired) electrons. The van der Waals surface area contributed by atoms with Crippen molar-refractivity contribution in [1.82, 2.24) is 15.2 Å². The van der Waals surface area contributed by atoms with Crippen LogP contribution in [0.25, 0.3) is 0 Å². The summed E-state index contributed by atoms with van der Waals surface area (Å²) < 4.78 is 0. The third-order valence-corrected chi connectivity index (χ3v) is 3.24. The Kier molecular flexibility index (Phi) is 4.54. The van der Waals surface area contributed by atoms with Crippen molar-refractivity contribution >= 4 is 17.8 Å². The van der Waals surface area contributed by atoms with Crippen molar-refractivity contribution in [1.29, 1.82) is 0 Å². The van der Waals surface area contributed by atoms with E-state index in [2.05, 4.69) is 21.7 Å². The van der Waals surface area contributed by atoms with Crippen LogP contribution in [0.5, 0.6) is 0 Å². The van der Waals surface area contributed by atoms with Crippen molar-refractivity contribution in [3.05, 3.63) is 23.9 Å². The van der Waals surface area contributed by atoms with E-state index in [1.54, 1.807) is 17.0 Å². The summed E-state index contributed by atoms with van der Waals surface area (Å²) in [7, 11) is 0. The van der Waals surface area contributed by atoms with Crippen LogP contribution < -0.4 is 16.4 Å². The molecular weight excluding hydrogens is 282 g/mol. The molecule has 119 valence electrons. The van der Waals surface area contributed by atoms with E-state index in [-0.39, 0.29) is 23.3 Å². The highest BCUT2D eigenvalue weighted by Crippen LogP contribution is 2.15. The molecule has 0 spiro atoms. The van der Waals surface area contributed by atoms with Crippen LogP contribution in [-0.4, -0.2) is 46.5 Å². The van der Waals surface area contributed by atoms with Gasteiger partial charge in [0.05, 0.1) is 0 Å². The van der Waals surface area contributed by atoms with Gasteiger partial charge < -0.3 is 21.3 Å². The van der Waals surface area contributed by atoms with Crippen molar-refractivity contribution in [2.75, 3.05) is 18.4 Å². The maximum atomic E-state index is 12.1. The van der Waals surface area contributed by atoms with Crippen LogP contribution in [0.1, 0.15) is 37.7 Å². The van der Waals surface area contributed by atoms with Gasteiger partial charge in [-0.2, -0.15) is 0 Å². The minimum absolute atomic E-state index is 0.0658. The van der Waals surface area contributed by atoms with E-state index in [1.165, 1.54) is 0 Å². The second kappa shape index (κ2) is 6.21. The molecule has 1 fully saturated rings. The number of aromatic nitrogens is 1. The van der Waals surface area contributed by atoms with Gasteiger partial charge in [-0.1, -0.05) is 0 Å². The lowest BCUT2D eigenvalue weighted by atomic mass is 10.1. The highest BCUT2D eigenvalue weighted by molar-refractivity contribution is 5.90. The van der Waals surface area contributed by atoms with Gasteiger partial charge in [0.15, 0.2) is 0 Å². The molecule has 7 heteroatoms. The Bertz CT molecular complexity index is 567. The summed E-state index contributed by atoms with van der Waals surface area (Å²) in [5.74, 6) is -0.0446. The molecule has 0 unspecified atom stereocenters. The summed E-state index contributed by atoms with van der Waals surface area (Å²) in [4.78, 5) is 29.1. The topological polar surface area (TPSA) is 100 Å². The van der Waals surface area contributed by atoms with Crippen molar-refractivity contribution in [3.63, 3.8) is 0 Å². The molecule has 1 aromatic rings. The van der Waals surface area contributed by atoms with E-state index in [9.17, 15) is 9.59 Å². The highest BCUT2D eigenvalue weighted by Gasteiger charge is 2.28. The first-order valence-corrected chi connectivity index (χ1v) is 7.27. The number of hydrogen-bond donors (Lipinski definition) is 3. The molecule has 1 atom stereocenters. The Hall–Kier alpha value is -2.31. The van der Waals surface area contributed by atoms with Gasteiger partial charge in [0.2, 0.25) is 0 Å². The van der Waals surface area contributed by atoms with E-state index in [0.29, 0.717) is 18.9 Å². The number of anilines is 1. The van der Waals surface area contributed by atoms with Crippen molar-refractivity contribution in [2.24, 2.45) is 5.73 Å². The molecule has 2 heterocycles. The number of likely N-dealkylation sites (tertiary alicyclic amines) is 1. The molecule has 4 N–H and O–H groups in total. The maximum Gasteiger partial charge on any atom is 0.317 e. The van der Waals surface area contributed by atoms with E-state index < -0.39 is 5.91 Å². The molecule has 2 rings (SSSR count). The average Bonchev–Trinajstić information content (AvgIpc) is 2.85. The first-order valence-electron chi connectivity index (χ1n) is 7.27. The standard InChI is InChI=1S/C15H22N5O2/c1-15(2,3)19-14(22)20-8-7-10(9-20)17-12-6-4-5-11(18-12)13(16)21/h4,6,10H,7-9H2,1-3H3,(H2,16,21)(H,17,18)(H,19,22)/t10-/m0/s1. The zero-order valence-electron chi connectivity index (χ0n) is 13.1.